The van der Waals surface area contributed by atoms with Crippen molar-refractivity contribution in [2.45, 2.75) is 26.2 Å². The van der Waals surface area contributed by atoms with Gasteiger partial charge in [0, 0.05) is 16.8 Å². The number of para-hydroxylation sites is 1. The summed E-state index contributed by atoms with van der Waals surface area (Å²) >= 11 is 0. The molecule has 162 valence electrons. The molecule has 5 rings (SSSR count). The van der Waals surface area contributed by atoms with Crippen molar-refractivity contribution in [3.8, 4) is 39.6 Å². The van der Waals surface area contributed by atoms with Gasteiger partial charge in [0.1, 0.15) is 0 Å². The van der Waals surface area contributed by atoms with Crippen LogP contribution in [0.1, 0.15) is 31.7 Å². The predicted molar refractivity (Wildman–Crippen MR) is 136 cm³/mol. The van der Waals surface area contributed by atoms with Gasteiger partial charge in [-0.1, -0.05) is 111 Å². The summed E-state index contributed by atoms with van der Waals surface area (Å²) in [5.74, 6) is 2.23. The van der Waals surface area contributed by atoms with E-state index in [9.17, 15) is 0 Å². The van der Waals surface area contributed by atoms with E-state index in [2.05, 4.69) is 114 Å². The van der Waals surface area contributed by atoms with E-state index >= 15 is 0 Å². The first-order valence-electron chi connectivity index (χ1n) is 11.5. The van der Waals surface area contributed by atoms with Crippen LogP contribution in [0.25, 0.3) is 39.6 Å². The van der Waals surface area contributed by atoms with Gasteiger partial charge >= 0.3 is 0 Å². The van der Waals surface area contributed by atoms with Gasteiger partial charge < -0.3 is 0 Å². The molecular weight excluding hydrogens is 402 g/mol. The van der Waals surface area contributed by atoms with Crippen LogP contribution in [0, 0.1) is 0 Å². The number of aromatic nitrogens is 3. The molecule has 0 spiro atoms. The van der Waals surface area contributed by atoms with Gasteiger partial charge in [0.15, 0.2) is 11.6 Å². The minimum absolute atomic E-state index is 0.546. The second-order valence-electron chi connectivity index (χ2n) is 8.39. The normalized spacial score (nSPS) is 11.9. The Balaban J connectivity index is 1.58. The lowest BCUT2D eigenvalue weighted by molar-refractivity contribution is 0.734. The zero-order valence-electron chi connectivity index (χ0n) is 19.0. The maximum Gasteiger partial charge on any atom is 0.168 e. The molecule has 3 nitrogen and oxygen atoms in total. The summed E-state index contributed by atoms with van der Waals surface area (Å²) in [7, 11) is 0. The zero-order valence-corrected chi connectivity index (χ0v) is 19.0. The fraction of sp³-hybridized carbons (Fsp3) is 0.133. The Hall–Kier alpha value is -3.98. The molecule has 5 aromatic rings. The van der Waals surface area contributed by atoms with Crippen LogP contribution in [-0.2, 0) is 0 Å². The molecule has 0 fully saturated rings. The molecule has 0 aliphatic carbocycles. The summed E-state index contributed by atoms with van der Waals surface area (Å²) < 4.78 is 2.15. The fourth-order valence-corrected chi connectivity index (χ4v) is 4.12. The molecule has 3 heteroatoms. The highest BCUT2D eigenvalue weighted by molar-refractivity contribution is 5.71. The van der Waals surface area contributed by atoms with Gasteiger partial charge in [-0.15, -0.1) is 10.2 Å². The minimum Gasteiger partial charge on any atom is -0.275 e. The van der Waals surface area contributed by atoms with E-state index in [1.165, 1.54) is 16.7 Å². The Bertz CT molecular complexity index is 1320. The molecule has 4 aromatic carbocycles. The first-order valence-corrected chi connectivity index (χ1v) is 11.5. The van der Waals surface area contributed by atoms with Crippen LogP contribution in [0.4, 0.5) is 0 Å². The van der Waals surface area contributed by atoms with Crippen LogP contribution in [0.5, 0.6) is 0 Å². The first-order chi connectivity index (χ1) is 16.2. The second-order valence-corrected chi connectivity index (χ2v) is 8.39. The van der Waals surface area contributed by atoms with Crippen LogP contribution in [0.2, 0.25) is 0 Å². The Labute approximate surface area is 195 Å². The summed E-state index contributed by atoms with van der Waals surface area (Å²) in [4.78, 5) is 0. The molecule has 1 heterocycles. The molecule has 0 amide bonds. The molecule has 1 aromatic heterocycles. The molecule has 1 atom stereocenters. The monoisotopic (exact) mass is 429 g/mol. The zero-order chi connectivity index (χ0) is 22.6. The minimum atomic E-state index is 0.546. The van der Waals surface area contributed by atoms with Gasteiger partial charge in [0.25, 0.3) is 0 Å². The summed E-state index contributed by atoms with van der Waals surface area (Å²) in [6, 6.07) is 38.0. The molecule has 0 aliphatic heterocycles. The Morgan fingerprint density at radius 2 is 1.03 bits per heavy atom. The average Bonchev–Trinajstić information content (AvgIpc) is 3.35. The lowest BCUT2D eigenvalue weighted by Gasteiger charge is -2.13. The number of rotatable bonds is 6. The first kappa shape index (κ1) is 20.9. The number of hydrogen-bond donors (Lipinski definition) is 0. The van der Waals surface area contributed by atoms with Crippen molar-refractivity contribution in [1.82, 2.24) is 14.8 Å². The Kier molecular flexibility index (Phi) is 5.86. The highest BCUT2D eigenvalue weighted by Gasteiger charge is 2.17. The third-order valence-corrected chi connectivity index (χ3v) is 6.28. The summed E-state index contributed by atoms with van der Waals surface area (Å²) in [6.45, 7) is 4.48. The van der Waals surface area contributed by atoms with E-state index < -0.39 is 0 Å². The van der Waals surface area contributed by atoms with Gasteiger partial charge in [-0.3, -0.25) is 4.57 Å². The van der Waals surface area contributed by atoms with E-state index in [0.717, 1.165) is 34.9 Å². The van der Waals surface area contributed by atoms with E-state index in [1.807, 2.05) is 24.3 Å². The highest BCUT2D eigenvalue weighted by atomic mass is 15.3. The van der Waals surface area contributed by atoms with E-state index in [1.54, 1.807) is 0 Å². The largest absolute Gasteiger partial charge is 0.275 e. The third kappa shape index (κ3) is 4.22. The van der Waals surface area contributed by atoms with Gasteiger partial charge in [-0.2, -0.15) is 0 Å². The molecular formula is C30H27N3. The third-order valence-electron chi connectivity index (χ3n) is 6.28. The van der Waals surface area contributed by atoms with Gasteiger partial charge in [-0.05, 0) is 41.2 Å². The lowest BCUT2D eigenvalue weighted by Crippen LogP contribution is -2.00. The van der Waals surface area contributed by atoms with Crippen LogP contribution in [-0.4, -0.2) is 14.8 Å². The van der Waals surface area contributed by atoms with Crippen LogP contribution in [0.3, 0.4) is 0 Å². The second kappa shape index (κ2) is 9.25. The van der Waals surface area contributed by atoms with Crippen LogP contribution < -0.4 is 0 Å². The number of nitrogens with zero attached hydrogens (tertiary/aromatic N) is 3. The molecule has 0 saturated carbocycles. The van der Waals surface area contributed by atoms with E-state index in [4.69, 9.17) is 0 Å². The van der Waals surface area contributed by atoms with Gasteiger partial charge in [0.2, 0.25) is 0 Å². The van der Waals surface area contributed by atoms with E-state index in [0.29, 0.717) is 5.92 Å². The van der Waals surface area contributed by atoms with E-state index in [-0.39, 0.29) is 0 Å². The summed E-state index contributed by atoms with van der Waals surface area (Å²) in [6.07, 6.45) is 1.13. The molecule has 1 unspecified atom stereocenters. The average molecular weight is 430 g/mol. The van der Waals surface area contributed by atoms with Crippen molar-refractivity contribution in [1.29, 1.82) is 0 Å². The topological polar surface area (TPSA) is 30.7 Å². The molecule has 0 bridgehead atoms. The molecule has 0 aliphatic rings. The standard InChI is InChI=1S/C30H27N3/c1-3-22(2)23-14-18-26(19-15-23)29-31-32-30(33(29)28-12-8-5-9-13-28)27-20-16-25(17-21-27)24-10-6-4-7-11-24/h4-22H,3H2,1-2H3. The van der Waals surface area contributed by atoms with Crippen LogP contribution in [0.15, 0.2) is 109 Å². The SMILES string of the molecule is CCC(C)c1ccc(-c2nnc(-c3ccc(-c4ccccc4)cc3)n2-c2ccccc2)cc1. The number of benzene rings is 4. The van der Waals surface area contributed by atoms with Crippen molar-refractivity contribution in [3.63, 3.8) is 0 Å². The molecule has 0 N–H and O–H groups in total. The summed E-state index contributed by atoms with van der Waals surface area (Å²) in [5.41, 5.74) is 6.88. The lowest BCUT2D eigenvalue weighted by atomic mass is 9.97. The predicted octanol–water partition coefficient (Wildman–Crippen LogP) is 7.78. The van der Waals surface area contributed by atoms with Crippen molar-refractivity contribution in [3.05, 3.63) is 115 Å². The van der Waals surface area contributed by atoms with Gasteiger partial charge in [0.05, 0.1) is 0 Å². The smallest absolute Gasteiger partial charge is 0.168 e. The van der Waals surface area contributed by atoms with Crippen molar-refractivity contribution in [2.75, 3.05) is 0 Å². The molecule has 0 saturated heterocycles. The maximum absolute atomic E-state index is 4.63. The maximum atomic E-state index is 4.63. The fourth-order valence-electron chi connectivity index (χ4n) is 4.12. The quantitative estimate of drug-likeness (QED) is 0.276. The van der Waals surface area contributed by atoms with Crippen molar-refractivity contribution in [2.24, 2.45) is 0 Å². The number of hydrogen-bond acceptors (Lipinski definition) is 2. The Morgan fingerprint density at radius 1 is 0.576 bits per heavy atom. The highest BCUT2D eigenvalue weighted by Crippen LogP contribution is 2.31. The molecule has 0 radical (unpaired) electrons. The van der Waals surface area contributed by atoms with Crippen molar-refractivity contribution >= 4 is 0 Å². The van der Waals surface area contributed by atoms with Crippen molar-refractivity contribution < 1.29 is 0 Å². The Morgan fingerprint density at radius 3 is 1.58 bits per heavy atom. The summed E-state index contributed by atoms with van der Waals surface area (Å²) in [5, 5.41) is 9.26. The van der Waals surface area contributed by atoms with Crippen LogP contribution >= 0.6 is 0 Å². The van der Waals surface area contributed by atoms with Gasteiger partial charge in [-0.25, -0.2) is 0 Å². The molecule has 33 heavy (non-hydrogen) atoms.